The summed E-state index contributed by atoms with van der Waals surface area (Å²) in [6, 6.07) is 10.4. The fourth-order valence-electron chi connectivity index (χ4n) is 2.50. The minimum absolute atomic E-state index is 0.215. The molecule has 31 heavy (non-hydrogen) atoms. The average Bonchev–Trinajstić information content (AvgIpc) is 2.72. The molecule has 0 bridgehead atoms. The second-order valence-corrected chi connectivity index (χ2v) is 7.67. The Bertz CT molecular complexity index is 995. The van der Waals surface area contributed by atoms with Crippen LogP contribution < -0.4 is 21.2 Å². The number of hydrogen-bond donors (Lipinski definition) is 3. The summed E-state index contributed by atoms with van der Waals surface area (Å²) in [5, 5.41) is 7.16. The Hall–Kier alpha value is -3.10. The van der Waals surface area contributed by atoms with Gasteiger partial charge in [-0.2, -0.15) is 5.10 Å². The summed E-state index contributed by atoms with van der Waals surface area (Å²) in [7, 11) is 0. The van der Waals surface area contributed by atoms with Gasteiger partial charge in [-0.05, 0) is 36.2 Å². The molecule has 0 aliphatic rings. The standard InChI is InChI=1S/C21H22Cl2N4O4/c1-12(2)19(26-20(29)13-7-8-15(22)16(23)9-13)21(30)27-25-10-14-5-3-4-6-17(14)31-11-18(24)28/h3-10,12,19H,11H2,1-2H3,(H2,24,28)(H,26,29)(H,27,30)/b25-10-. The van der Waals surface area contributed by atoms with Crippen LogP contribution in [0.3, 0.4) is 0 Å². The van der Waals surface area contributed by atoms with E-state index in [1.54, 1.807) is 38.1 Å². The Morgan fingerprint density at radius 2 is 1.84 bits per heavy atom. The lowest BCUT2D eigenvalue weighted by molar-refractivity contribution is -0.124. The van der Waals surface area contributed by atoms with Gasteiger partial charge in [0.15, 0.2) is 6.61 Å². The molecule has 2 rings (SSSR count). The van der Waals surface area contributed by atoms with Crippen molar-refractivity contribution in [3.63, 3.8) is 0 Å². The molecule has 0 saturated heterocycles. The van der Waals surface area contributed by atoms with Crippen LogP contribution in [0.25, 0.3) is 0 Å². The molecule has 2 aromatic carbocycles. The largest absolute Gasteiger partial charge is 0.483 e. The van der Waals surface area contributed by atoms with Crippen LogP contribution in [0.1, 0.15) is 29.8 Å². The van der Waals surface area contributed by atoms with Crippen molar-refractivity contribution < 1.29 is 19.1 Å². The lowest BCUT2D eigenvalue weighted by atomic mass is 10.0. The number of primary amides is 1. The van der Waals surface area contributed by atoms with Gasteiger partial charge in [0.05, 0.1) is 16.3 Å². The Labute approximate surface area is 189 Å². The zero-order chi connectivity index (χ0) is 23.0. The maximum absolute atomic E-state index is 12.6. The third-order valence-corrected chi connectivity index (χ3v) is 4.82. The zero-order valence-electron chi connectivity index (χ0n) is 16.9. The molecular formula is C21H22Cl2N4O4. The molecule has 1 atom stereocenters. The van der Waals surface area contributed by atoms with Gasteiger partial charge in [0.1, 0.15) is 11.8 Å². The van der Waals surface area contributed by atoms with E-state index in [9.17, 15) is 14.4 Å². The molecule has 1 unspecified atom stereocenters. The van der Waals surface area contributed by atoms with Gasteiger partial charge >= 0.3 is 0 Å². The first-order chi connectivity index (χ1) is 14.7. The van der Waals surface area contributed by atoms with Crippen molar-refractivity contribution >= 4 is 47.1 Å². The molecule has 0 saturated carbocycles. The molecule has 0 heterocycles. The van der Waals surface area contributed by atoms with E-state index in [0.29, 0.717) is 16.3 Å². The van der Waals surface area contributed by atoms with E-state index in [0.717, 1.165) is 0 Å². The van der Waals surface area contributed by atoms with E-state index >= 15 is 0 Å². The summed E-state index contributed by atoms with van der Waals surface area (Å²) >= 11 is 11.8. The predicted octanol–water partition coefficient (Wildman–Crippen LogP) is 2.76. The highest BCUT2D eigenvalue weighted by Crippen LogP contribution is 2.22. The van der Waals surface area contributed by atoms with Crippen LogP contribution in [-0.4, -0.2) is 36.6 Å². The summed E-state index contributed by atoms with van der Waals surface area (Å²) in [6.07, 6.45) is 1.37. The first kappa shape index (κ1) is 24.2. The number of amides is 3. The van der Waals surface area contributed by atoms with Crippen LogP contribution in [-0.2, 0) is 9.59 Å². The third kappa shape index (κ3) is 7.27. The van der Waals surface area contributed by atoms with Crippen molar-refractivity contribution in [1.82, 2.24) is 10.7 Å². The summed E-state index contributed by atoms with van der Waals surface area (Å²) in [5.41, 5.74) is 8.30. The second-order valence-electron chi connectivity index (χ2n) is 6.85. The molecule has 0 aliphatic heterocycles. The maximum Gasteiger partial charge on any atom is 0.262 e. The number of hydrazone groups is 1. The lowest BCUT2D eigenvalue weighted by Gasteiger charge is -2.20. The number of nitrogens with zero attached hydrogens (tertiary/aromatic N) is 1. The van der Waals surface area contributed by atoms with Crippen LogP contribution in [0.15, 0.2) is 47.6 Å². The first-order valence-electron chi connectivity index (χ1n) is 9.28. The Kier molecular flexibility index (Phi) is 8.84. The number of nitrogens with two attached hydrogens (primary N) is 1. The van der Waals surface area contributed by atoms with Gasteiger partial charge in [0, 0.05) is 11.1 Å². The highest BCUT2D eigenvalue weighted by molar-refractivity contribution is 6.42. The van der Waals surface area contributed by atoms with Gasteiger partial charge in [-0.25, -0.2) is 5.43 Å². The topological polar surface area (TPSA) is 123 Å². The van der Waals surface area contributed by atoms with E-state index in [1.807, 2.05) is 0 Å². The van der Waals surface area contributed by atoms with Crippen molar-refractivity contribution in [2.24, 2.45) is 16.8 Å². The van der Waals surface area contributed by atoms with Gasteiger partial charge in [-0.15, -0.1) is 0 Å². The van der Waals surface area contributed by atoms with Crippen LogP contribution in [0, 0.1) is 5.92 Å². The zero-order valence-corrected chi connectivity index (χ0v) is 18.4. The number of ether oxygens (including phenoxy) is 1. The quantitative estimate of drug-likeness (QED) is 0.389. The number of benzene rings is 2. The minimum atomic E-state index is -0.847. The molecule has 3 amide bonds. The van der Waals surface area contributed by atoms with Crippen molar-refractivity contribution in [2.45, 2.75) is 19.9 Å². The van der Waals surface area contributed by atoms with Gasteiger partial charge in [-0.1, -0.05) is 49.2 Å². The highest BCUT2D eigenvalue weighted by atomic mass is 35.5. The third-order valence-electron chi connectivity index (χ3n) is 4.08. The monoisotopic (exact) mass is 464 g/mol. The Balaban J connectivity index is 2.05. The predicted molar refractivity (Wildman–Crippen MR) is 119 cm³/mol. The SMILES string of the molecule is CC(C)C(NC(=O)c1ccc(Cl)c(Cl)c1)C(=O)N/N=C\c1ccccc1OCC(N)=O. The summed E-state index contributed by atoms with van der Waals surface area (Å²) in [6.45, 7) is 3.29. The van der Waals surface area contributed by atoms with E-state index in [2.05, 4.69) is 15.8 Å². The molecular weight excluding hydrogens is 443 g/mol. The second kappa shape index (κ2) is 11.3. The van der Waals surface area contributed by atoms with Crippen LogP contribution in [0.4, 0.5) is 0 Å². The maximum atomic E-state index is 12.6. The fraction of sp³-hybridized carbons (Fsp3) is 0.238. The van der Waals surface area contributed by atoms with E-state index in [-0.39, 0.29) is 23.1 Å². The van der Waals surface area contributed by atoms with Crippen LogP contribution >= 0.6 is 23.2 Å². The Morgan fingerprint density at radius 3 is 2.48 bits per heavy atom. The number of nitrogens with one attached hydrogen (secondary N) is 2. The van der Waals surface area contributed by atoms with Gasteiger partial charge in [0.2, 0.25) is 0 Å². The van der Waals surface area contributed by atoms with Crippen molar-refractivity contribution in [3.8, 4) is 5.75 Å². The van der Waals surface area contributed by atoms with Gasteiger partial charge < -0.3 is 15.8 Å². The van der Waals surface area contributed by atoms with E-state index in [4.69, 9.17) is 33.7 Å². The number of carbonyl (C=O) groups excluding carboxylic acids is 3. The molecule has 164 valence electrons. The van der Waals surface area contributed by atoms with E-state index < -0.39 is 23.8 Å². The summed E-state index contributed by atoms with van der Waals surface area (Å²) < 4.78 is 5.31. The number of halogens is 2. The number of hydrogen-bond acceptors (Lipinski definition) is 5. The van der Waals surface area contributed by atoms with Crippen molar-refractivity contribution in [1.29, 1.82) is 0 Å². The van der Waals surface area contributed by atoms with Crippen molar-refractivity contribution in [3.05, 3.63) is 63.6 Å². The first-order valence-corrected chi connectivity index (χ1v) is 10.0. The minimum Gasteiger partial charge on any atom is -0.483 e. The van der Waals surface area contributed by atoms with Gasteiger partial charge in [0.25, 0.3) is 17.7 Å². The molecule has 0 aliphatic carbocycles. The molecule has 0 fully saturated rings. The van der Waals surface area contributed by atoms with Crippen LogP contribution in [0.2, 0.25) is 10.0 Å². The van der Waals surface area contributed by atoms with E-state index in [1.165, 1.54) is 24.4 Å². The normalized spacial score (nSPS) is 11.9. The highest BCUT2D eigenvalue weighted by Gasteiger charge is 2.24. The summed E-state index contributed by atoms with van der Waals surface area (Å²) in [5.74, 6) is -1.42. The fourth-order valence-corrected chi connectivity index (χ4v) is 2.80. The molecule has 10 heteroatoms. The molecule has 0 spiro atoms. The smallest absolute Gasteiger partial charge is 0.262 e. The molecule has 2 aromatic rings. The summed E-state index contributed by atoms with van der Waals surface area (Å²) in [4.78, 5) is 36.0. The molecule has 0 radical (unpaired) electrons. The molecule has 0 aromatic heterocycles. The lowest BCUT2D eigenvalue weighted by Crippen LogP contribution is -2.48. The average molecular weight is 465 g/mol. The number of carbonyl (C=O) groups is 3. The Morgan fingerprint density at radius 1 is 1.13 bits per heavy atom. The van der Waals surface area contributed by atoms with Crippen molar-refractivity contribution in [2.75, 3.05) is 6.61 Å². The molecule has 8 nitrogen and oxygen atoms in total. The number of rotatable bonds is 9. The molecule has 4 N–H and O–H groups in total. The van der Waals surface area contributed by atoms with Crippen LogP contribution in [0.5, 0.6) is 5.75 Å². The number of para-hydroxylation sites is 1. The van der Waals surface area contributed by atoms with Gasteiger partial charge in [-0.3, -0.25) is 14.4 Å².